The molecule has 0 spiro atoms. The standard InChI is InChI=1S/C16H13Cl2NO/c17-9-8-15(12-4-2-1-3-5-12)20-16-10-14(18)7-6-13(16)11-19/h1-7,10,15H,8-9H2/t15-/m1/s1. The molecule has 0 heterocycles. The van der Waals surface area contributed by atoms with Crippen LogP contribution < -0.4 is 4.74 Å². The molecule has 0 saturated carbocycles. The Kier molecular flexibility index (Phi) is 5.29. The predicted octanol–water partition coefficient (Wildman–Crippen LogP) is 4.96. The third-order valence-corrected chi connectivity index (χ3v) is 3.33. The number of ether oxygens (including phenoxy) is 1. The maximum absolute atomic E-state index is 9.12. The van der Waals surface area contributed by atoms with Crippen molar-refractivity contribution >= 4 is 23.2 Å². The number of benzene rings is 2. The monoisotopic (exact) mass is 305 g/mol. The highest BCUT2D eigenvalue weighted by atomic mass is 35.5. The molecule has 0 aliphatic carbocycles. The van der Waals surface area contributed by atoms with Crippen molar-refractivity contribution < 1.29 is 4.74 Å². The Morgan fingerprint density at radius 1 is 1.15 bits per heavy atom. The van der Waals surface area contributed by atoms with E-state index < -0.39 is 0 Å². The van der Waals surface area contributed by atoms with E-state index in [1.54, 1.807) is 18.2 Å². The molecule has 1 atom stereocenters. The maximum atomic E-state index is 9.12. The minimum absolute atomic E-state index is 0.195. The third kappa shape index (κ3) is 3.66. The zero-order chi connectivity index (χ0) is 14.4. The van der Waals surface area contributed by atoms with Crippen LogP contribution >= 0.6 is 23.2 Å². The van der Waals surface area contributed by atoms with Gasteiger partial charge in [-0.3, -0.25) is 0 Å². The van der Waals surface area contributed by atoms with Gasteiger partial charge in [0.25, 0.3) is 0 Å². The highest BCUT2D eigenvalue weighted by molar-refractivity contribution is 6.30. The largest absolute Gasteiger partial charge is 0.484 e. The predicted molar refractivity (Wildman–Crippen MR) is 81.3 cm³/mol. The summed E-state index contributed by atoms with van der Waals surface area (Å²) in [5.74, 6) is 0.959. The third-order valence-electron chi connectivity index (χ3n) is 2.88. The molecule has 2 aromatic rings. The van der Waals surface area contributed by atoms with Gasteiger partial charge >= 0.3 is 0 Å². The van der Waals surface area contributed by atoms with Crippen molar-refractivity contribution in [1.82, 2.24) is 0 Å². The Balaban J connectivity index is 2.29. The van der Waals surface area contributed by atoms with Crippen molar-refractivity contribution in [2.24, 2.45) is 0 Å². The summed E-state index contributed by atoms with van der Waals surface area (Å²) in [5, 5.41) is 9.66. The van der Waals surface area contributed by atoms with Crippen LogP contribution in [0.3, 0.4) is 0 Å². The van der Waals surface area contributed by atoms with E-state index in [0.29, 0.717) is 28.6 Å². The first-order chi connectivity index (χ1) is 9.74. The molecule has 2 rings (SSSR count). The molecular formula is C16H13Cl2NO. The van der Waals surface area contributed by atoms with Crippen LogP contribution in [0.2, 0.25) is 5.02 Å². The van der Waals surface area contributed by atoms with E-state index in [1.807, 2.05) is 30.3 Å². The zero-order valence-electron chi connectivity index (χ0n) is 10.7. The van der Waals surface area contributed by atoms with Crippen LogP contribution in [0.5, 0.6) is 5.75 Å². The van der Waals surface area contributed by atoms with E-state index in [-0.39, 0.29) is 6.10 Å². The average molecular weight is 306 g/mol. The summed E-state index contributed by atoms with van der Waals surface area (Å²) >= 11 is 11.8. The molecule has 0 amide bonds. The van der Waals surface area contributed by atoms with E-state index in [4.69, 9.17) is 33.2 Å². The van der Waals surface area contributed by atoms with E-state index in [9.17, 15) is 0 Å². The molecule has 0 unspecified atom stereocenters. The number of rotatable bonds is 5. The van der Waals surface area contributed by atoms with Crippen molar-refractivity contribution in [3.05, 3.63) is 64.7 Å². The van der Waals surface area contributed by atoms with Gasteiger partial charge in [0.2, 0.25) is 0 Å². The molecule has 0 aliphatic rings. The van der Waals surface area contributed by atoms with E-state index in [0.717, 1.165) is 5.56 Å². The van der Waals surface area contributed by atoms with Crippen LogP contribution in [0, 0.1) is 11.3 Å². The summed E-state index contributed by atoms with van der Waals surface area (Å²) in [6, 6.07) is 16.9. The maximum Gasteiger partial charge on any atom is 0.139 e. The Bertz CT molecular complexity index is 608. The zero-order valence-corrected chi connectivity index (χ0v) is 12.2. The molecule has 4 heteroatoms. The highest BCUT2D eigenvalue weighted by Crippen LogP contribution is 2.29. The average Bonchev–Trinajstić information content (AvgIpc) is 2.48. The van der Waals surface area contributed by atoms with Gasteiger partial charge < -0.3 is 4.74 Å². The molecule has 0 N–H and O–H groups in total. The van der Waals surface area contributed by atoms with Crippen molar-refractivity contribution in [3.8, 4) is 11.8 Å². The van der Waals surface area contributed by atoms with Gasteiger partial charge in [-0.25, -0.2) is 0 Å². The molecule has 2 nitrogen and oxygen atoms in total. The number of hydrogen-bond donors (Lipinski definition) is 0. The summed E-state index contributed by atoms with van der Waals surface area (Å²) < 4.78 is 5.95. The van der Waals surface area contributed by atoms with Gasteiger partial charge in [-0.2, -0.15) is 5.26 Å². The molecule has 0 radical (unpaired) electrons. The summed E-state index contributed by atoms with van der Waals surface area (Å²) in [4.78, 5) is 0. The van der Waals surface area contributed by atoms with Crippen molar-refractivity contribution in [3.63, 3.8) is 0 Å². The number of nitriles is 1. The molecule has 102 valence electrons. The molecule has 0 aromatic heterocycles. The van der Waals surface area contributed by atoms with Crippen molar-refractivity contribution in [2.45, 2.75) is 12.5 Å². The van der Waals surface area contributed by atoms with E-state index in [2.05, 4.69) is 6.07 Å². The van der Waals surface area contributed by atoms with Gasteiger partial charge in [-0.1, -0.05) is 41.9 Å². The molecule has 0 fully saturated rings. The van der Waals surface area contributed by atoms with Crippen molar-refractivity contribution in [2.75, 3.05) is 5.88 Å². The first-order valence-corrected chi connectivity index (χ1v) is 7.13. The first kappa shape index (κ1) is 14.7. The Morgan fingerprint density at radius 2 is 1.90 bits per heavy atom. The second-order valence-electron chi connectivity index (χ2n) is 4.25. The van der Waals surface area contributed by atoms with Crippen LogP contribution in [0.4, 0.5) is 0 Å². The van der Waals surface area contributed by atoms with Gasteiger partial charge in [0.05, 0.1) is 5.56 Å². The normalized spacial score (nSPS) is 11.7. The lowest BCUT2D eigenvalue weighted by Crippen LogP contribution is -2.09. The molecular weight excluding hydrogens is 293 g/mol. The van der Waals surface area contributed by atoms with Gasteiger partial charge in [0, 0.05) is 23.4 Å². The van der Waals surface area contributed by atoms with Crippen LogP contribution in [0.1, 0.15) is 23.7 Å². The fourth-order valence-corrected chi connectivity index (χ4v) is 2.26. The summed E-state index contributed by atoms with van der Waals surface area (Å²) in [5.41, 5.74) is 1.49. The molecule has 20 heavy (non-hydrogen) atoms. The SMILES string of the molecule is N#Cc1ccc(Cl)cc1O[C@H](CCCl)c1ccccc1. The topological polar surface area (TPSA) is 33.0 Å². The van der Waals surface area contributed by atoms with E-state index in [1.165, 1.54) is 0 Å². The minimum Gasteiger partial charge on any atom is -0.484 e. The smallest absolute Gasteiger partial charge is 0.139 e. The van der Waals surface area contributed by atoms with Crippen molar-refractivity contribution in [1.29, 1.82) is 5.26 Å². The quantitative estimate of drug-likeness (QED) is 0.731. The Labute approximate surface area is 128 Å². The van der Waals surface area contributed by atoms with Crippen LogP contribution in [-0.4, -0.2) is 5.88 Å². The second kappa shape index (κ2) is 7.19. The number of nitrogens with zero attached hydrogens (tertiary/aromatic N) is 1. The lowest BCUT2D eigenvalue weighted by atomic mass is 10.1. The lowest BCUT2D eigenvalue weighted by molar-refractivity contribution is 0.202. The fraction of sp³-hybridized carbons (Fsp3) is 0.188. The lowest BCUT2D eigenvalue weighted by Gasteiger charge is -2.19. The highest BCUT2D eigenvalue weighted by Gasteiger charge is 2.15. The summed E-state index contributed by atoms with van der Waals surface area (Å²) in [6.07, 6.45) is 0.461. The fourth-order valence-electron chi connectivity index (χ4n) is 1.90. The molecule has 0 saturated heterocycles. The Hall–Kier alpha value is -1.69. The number of halogens is 2. The van der Waals surface area contributed by atoms with Crippen LogP contribution in [0.15, 0.2) is 48.5 Å². The minimum atomic E-state index is -0.195. The molecule has 2 aromatic carbocycles. The van der Waals surface area contributed by atoms with Gasteiger partial charge in [0.1, 0.15) is 17.9 Å². The molecule has 0 bridgehead atoms. The van der Waals surface area contributed by atoms with Gasteiger partial charge in [-0.05, 0) is 17.7 Å². The van der Waals surface area contributed by atoms with E-state index >= 15 is 0 Å². The summed E-state index contributed by atoms with van der Waals surface area (Å²) in [7, 11) is 0. The first-order valence-electron chi connectivity index (χ1n) is 6.22. The number of alkyl halides is 1. The number of hydrogen-bond acceptors (Lipinski definition) is 2. The molecule has 0 aliphatic heterocycles. The van der Waals surface area contributed by atoms with Gasteiger partial charge in [0.15, 0.2) is 0 Å². The van der Waals surface area contributed by atoms with Crippen LogP contribution in [-0.2, 0) is 0 Å². The summed E-state index contributed by atoms with van der Waals surface area (Å²) in [6.45, 7) is 0. The van der Waals surface area contributed by atoms with Crippen LogP contribution in [0.25, 0.3) is 0 Å². The Morgan fingerprint density at radius 3 is 2.55 bits per heavy atom. The second-order valence-corrected chi connectivity index (χ2v) is 5.06. The van der Waals surface area contributed by atoms with Gasteiger partial charge in [-0.15, -0.1) is 11.6 Å².